The van der Waals surface area contributed by atoms with E-state index in [0.29, 0.717) is 6.04 Å². The smallest absolute Gasteiger partial charge is 0.225 e. The Morgan fingerprint density at radius 3 is 2.61 bits per heavy atom. The van der Waals surface area contributed by atoms with E-state index in [1.54, 1.807) is 12.4 Å². The molecule has 2 rings (SSSR count). The van der Waals surface area contributed by atoms with Gasteiger partial charge in [0.25, 0.3) is 0 Å². The maximum atomic E-state index is 8.85. The van der Waals surface area contributed by atoms with Crippen LogP contribution in [0.2, 0.25) is 0 Å². The van der Waals surface area contributed by atoms with Crippen molar-refractivity contribution in [2.45, 2.75) is 25.3 Å². The van der Waals surface area contributed by atoms with Crippen molar-refractivity contribution in [1.29, 1.82) is 0 Å². The molecule has 0 unspecified atom stereocenters. The average Bonchev–Trinajstić information content (AvgIpc) is 2.46. The predicted octanol–water partition coefficient (Wildman–Crippen LogP) is 0.760. The highest BCUT2D eigenvalue weighted by atomic mass is 16.3. The molecule has 0 aliphatic carbocycles. The lowest BCUT2D eigenvalue weighted by Crippen LogP contribution is -2.44. The van der Waals surface area contributed by atoms with Gasteiger partial charge in [0, 0.05) is 44.7 Å². The van der Waals surface area contributed by atoms with Crippen LogP contribution in [0.1, 0.15) is 19.3 Å². The van der Waals surface area contributed by atoms with Gasteiger partial charge in [-0.3, -0.25) is 0 Å². The molecule has 0 spiro atoms. The van der Waals surface area contributed by atoms with Crippen molar-refractivity contribution in [3.63, 3.8) is 0 Å². The van der Waals surface area contributed by atoms with Crippen molar-refractivity contribution in [1.82, 2.24) is 14.9 Å². The van der Waals surface area contributed by atoms with Gasteiger partial charge in [-0.1, -0.05) is 0 Å². The van der Waals surface area contributed by atoms with Crippen LogP contribution >= 0.6 is 0 Å². The number of rotatable bonds is 5. The van der Waals surface area contributed by atoms with Gasteiger partial charge in [-0.2, -0.15) is 0 Å². The summed E-state index contributed by atoms with van der Waals surface area (Å²) >= 11 is 0. The lowest BCUT2D eigenvalue weighted by Gasteiger charge is -2.36. The molecule has 100 valence electrons. The molecular formula is C13H22N4O. The zero-order valence-corrected chi connectivity index (χ0v) is 11.0. The van der Waals surface area contributed by atoms with Gasteiger partial charge in [0.05, 0.1) is 0 Å². The van der Waals surface area contributed by atoms with Crippen LogP contribution < -0.4 is 4.90 Å². The summed E-state index contributed by atoms with van der Waals surface area (Å²) in [6.07, 6.45) is 6.72. The Labute approximate surface area is 108 Å². The molecule has 1 saturated heterocycles. The summed E-state index contributed by atoms with van der Waals surface area (Å²) in [6.45, 7) is 3.28. The predicted molar refractivity (Wildman–Crippen MR) is 71.6 cm³/mol. The lowest BCUT2D eigenvalue weighted by molar-refractivity contribution is 0.184. The third-order valence-electron chi connectivity index (χ3n) is 3.59. The number of aliphatic hydroxyl groups excluding tert-OH is 1. The van der Waals surface area contributed by atoms with Gasteiger partial charge in [0.15, 0.2) is 0 Å². The van der Waals surface area contributed by atoms with Crippen LogP contribution in [0.25, 0.3) is 0 Å². The van der Waals surface area contributed by atoms with Gasteiger partial charge in [-0.15, -0.1) is 0 Å². The van der Waals surface area contributed by atoms with E-state index in [2.05, 4.69) is 26.8 Å². The minimum atomic E-state index is 0.279. The largest absolute Gasteiger partial charge is 0.396 e. The number of piperidine rings is 1. The van der Waals surface area contributed by atoms with Crippen LogP contribution in [-0.2, 0) is 0 Å². The molecule has 2 heterocycles. The van der Waals surface area contributed by atoms with E-state index in [1.807, 2.05) is 6.07 Å². The maximum absolute atomic E-state index is 8.85. The summed E-state index contributed by atoms with van der Waals surface area (Å²) in [5.41, 5.74) is 0. The van der Waals surface area contributed by atoms with Gasteiger partial charge >= 0.3 is 0 Å². The van der Waals surface area contributed by atoms with Gasteiger partial charge in [-0.25, -0.2) is 9.97 Å². The molecule has 1 fully saturated rings. The van der Waals surface area contributed by atoms with Gasteiger partial charge in [0.1, 0.15) is 0 Å². The maximum Gasteiger partial charge on any atom is 0.225 e. The van der Waals surface area contributed by atoms with Crippen LogP contribution in [-0.4, -0.2) is 59.3 Å². The Morgan fingerprint density at radius 2 is 2.00 bits per heavy atom. The highest BCUT2D eigenvalue weighted by Gasteiger charge is 2.23. The number of anilines is 1. The quantitative estimate of drug-likeness (QED) is 0.836. The Hall–Kier alpha value is -1.20. The van der Waals surface area contributed by atoms with E-state index in [1.165, 1.54) is 0 Å². The topological polar surface area (TPSA) is 52.5 Å². The fourth-order valence-electron chi connectivity index (χ4n) is 2.46. The fraction of sp³-hybridized carbons (Fsp3) is 0.692. The van der Waals surface area contributed by atoms with Crippen molar-refractivity contribution in [3.8, 4) is 0 Å². The molecule has 0 aromatic carbocycles. The summed E-state index contributed by atoms with van der Waals surface area (Å²) < 4.78 is 0. The van der Waals surface area contributed by atoms with Crippen LogP contribution in [0.4, 0.5) is 5.95 Å². The SMILES string of the molecule is CN(CCCO)C1CCN(c2ncccn2)CC1. The molecule has 5 heteroatoms. The zero-order chi connectivity index (χ0) is 12.8. The first-order valence-corrected chi connectivity index (χ1v) is 6.64. The first-order chi connectivity index (χ1) is 8.81. The zero-order valence-electron chi connectivity index (χ0n) is 11.0. The molecule has 0 bridgehead atoms. The molecule has 5 nitrogen and oxygen atoms in total. The molecule has 1 aliphatic heterocycles. The number of aliphatic hydroxyl groups is 1. The third-order valence-corrected chi connectivity index (χ3v) is 3.59. The highest BCUT2D eigenvalue weighted by molar-refractivity contribution is 5.29. The van der Waals surface area contributed by atoms with Crippen LogP contribution in [0.5, 0.6) is 0 Å². The second-order valence-corrected chi connectivity index (χ2v) is 4.82. The molecule has 0 amide bonds. The molecular weight excluding hydrogens is 228 g/mol. The van der Waals surface area contributed by atoms with Crippen molar-refractivity contribution in [2.75, 3.05) is 38.2 Å². The molecule has 1 aromatic rings. The summed E-state index contributed by atoms with van der Waals surface area (Å²) in [4.78, 5) is 13.2. The molecule has 0 radical (unpaired) electrons. The molecule has 1 aromatic heterocycles. The van der Waals surface area contributed by atoms with E-state index >= 15 is 0 Å². The molecule has 18 heavy (non-hydrogen) atoms. The molecule has 1 N–H and O–H groups in total. The number of nitrogens with zero attached hydrogens (tertiary/aromatic N) is 4. The average molecular weight is 250 g/mol. The van der Waals surface area contributed by atoms with Crippen LogP contribution in [0.3, 0.4) is 0 Å². The Balaban J connectivity index is 1.81. The third kappa shape index (κ3) is 3.40. The number of hydrogen-bond acceptors (Lipinski definition) is 5. The first-order valence-electron chi connectivity index (χ1n) is 6.64. The monoisotopic (exact) mass is 250 g/mol. The van der Waals surface area contributed by atoms with E-state index in [4.69, 9.17) is 5.11 Å². The lowest BCUT2D eigenvalue weighted by atomic mass is 10.0. The molecule has 0 atom stereocenters. The summed E-state index contributed by atoms with van der Waals surface area (Å²) in [5.74, 6) is 0.842. The standard InChI is InChI=1S/C13H22N4O/c1-16(8-3-11-18)12-4-9-17(10-5-12)13-14-6-2-7-15-13/h2,6-7,12,18H,3-5,8-11H2,1H3. The number of aromatic nitrogens is 2. The minimum absolute atomic E-state index is 0.279. The highest BCUT2D eigenvalue weighted by Crippen LogP contribution is 2.18. The number of hydrogen-bond donors (Lipinski definition) is 1. The van der Waals surface area contributed by atoms with Crippen molar-refractivity contribution in [2.24, 2.45) is 0 Å². The van der Waals surface area contributed by atoms with Crippen molar-refractivity contribution in [3.05, 3.63) is 18.5 Å². The van der Waals surface area contributed by atoms with Gasteiger partial charge < -0.3 is 14.9 Å². The second kappa shape index (κ2) is 6.66. The van der Waals surface area contributed by atoms with Crippen LogP contribution in [0, 0.1) is 0 Å². The fourth-order valence-corrected chi connectivity index (χ4v) is 2.46. The van der Waals surface area contributed by atoms with Gasteiger partial charge in [-0.05, 0) is 32.4 Å². The summed E-state index contributed by atoms with van der Waals surface area (Å²) in [6, 6.07) is 2.47. The summed E-state index contributed by atoms with van der Waals surface area (Å²) in [7, 11) is 2.15. The second-order valence-electron chi connectivity index (χ2n) is 4.82. The van der Waals surface area contributed by atoms with E-state index < -0.39 is 0 Å². The summed E-state index contributed by atoms with van der Waals surface area (Å²) in [5, 5.41) is 8.85. The minimum Gasteiger partial charge on any atom is -0.396 e. The first kappa shape index (κ1) is 13.2. The molecule has 0 saturated carbocycles. The Morgan fingerprint density at radius 1 is 1.33 bits per heavy atom. The van der Waals surface area contributed by atoms with Crippen molar-refractivity contribution >= 4 is 5.95 Å². The Kier molecular flexibility index (Phi) is 4.90. The van der Waals surface area contributed by atoms with E-state index in [0.717, 1.165) is 44.8 Å². The molecule has 1 aliphatic rings. The normalized spacial score (nSPS) is 17.4. The van der Waals surface area contributed by atoms with E-state index in [-0.39, 0.29) is 6.61 Å². The van der Waals surface area contributed by atoms with Crippen LogP contribution in [0.15, 0.2) is 18.5 Å². The van der Waals surface area contributed by atoms with E-state index in [9.17, 15) is 0 Å². The Bertz CT molecular complexity index is 338. The van der Waals surface area contributed by atoms with Gasteiger partial charge in [0.2, 0.25) is 5.95 Å². The van der Waals surface area contributed by atoms with Crippen molar-refractivity contribution < 1.29 is 5.11 Å².